The van der Waals surface area contributed by atoms with E-state index in [1.165, 1.54) is 0 Å². The van der Waals surface area contributed by atoms with Gasteiger partial charge in [0.1, 0.15) is 5.75 Å². The number of nitrogens with one attached hydrogen (secondary N) is 2. The average molecular weight is 264 g/mol. The van der Waals surface area contributed by atoms with E-state index in [-0.39, 0.29) is 12.5 Å². The Morgan fingerprint density at radius 2 is 2.16 bits per heavy atom. The lowest BCUT2D eigenvalue weighted by Crippen LogP contribution is -2.29. The number of carboxylic acids is 1. The number of hydrogen-bond acceptors (Lipinski definition) is 4. The predicted octanol–water partition coefficient (Wildman–Crippen LogP) is 0.840. The molecule has 6 heteroatoms. The van der Waals surface area contributed by atoms with E-state index in [0.29, 0.717) is 17.5 Å². The maximum absolute atomic E-state index is 11.6. The maximum Gasteiger partial charge on any atom is 0.341 e. The molecule has 3 N–H and O–H groups in total. The van der Waals surface area contributed by atoms with Crippen LogP contribution in [-0.2, 0) is 9.59 Å². The van der Waals surface area contributed by atoms with Crippen molar-refractivity contribution in [1.29, 1.82) is 0 Å². The Kier molecular flexibility index (Phi) is 4.35. The summed E-state index contributed by atoms with van der Waals surface area (Å²) in [6.07, 6.45) is 2.26. The van der Waals surface area contributed by atoms with Crippen LogP contribution < -0.4 is 15.4 Å². The first-order valence-corrected chi connectivity index (χ1v) is 6.11. The summed E-state index contributed by atoms with van der Waals surface area (Å²) in [5.74, 6) is -0.749. The molecule has 1 amide bonds. The molecule has 0 spiro atoms. The van der Waals surface area contributed by atoms with Crippen molar-refractivity contribution in [3.63, 3.8) is 0 Å². The van der Waals surface area contributed by atoms with Gasteiger partial charge in [0.2, 0.25) is 5.91 Å². The van der Waals surface area contributed by atoms with Gasteiger partial charge in [0.05, 0.1) is 6.54 Å². The van der Waals surface area contributed by atoms with E-state index in [0.717, 1.165) is 12.8 Å². The summed E-state index contributed by atoms with van der Waals surface area (Å²) in [5.41, 5.74) is 0.588. The average Bonchev–Trinajstić information content (AvgIpc) is 3.18. The minimum absolute atomic E-state index is 0.123. The highest BCUT2D eigenvalue weighted by Crippen LogP contribution is 2.19. The molecule has 0 bridgehead atoms. The van der Waals surface area contributed by atoms with Crippen molar-refractivity contribution in [3.8, 4) is 5.75 Å². The van der Waals surface area contributed by atoms with Gasteiger partial charge in [-0.2, -0.15) is 0 Å². The molecule has 0 atom stereocenters. The van der Waals surface area contributed by atoms with Crippen molar-refractivity contribution in [3.05, 3.63) is 24.3 Å². The highest BCUT2D eigenvalue weighted by molar-refractivity contribution is 5.92. The van der Waals surface area contributed by atoms with Gasteiger partial charge in [-0.3, -0.25) is 4.79 Å². The Hall–Kier alpha value is -2.08. The molecule has 0 radical (unpaired) electrons. The summed E-state index contributed by atoms with van der Waals surface area (Å²) in [6.45, 7) is -0.120. The van der Waals surface area contributed by atoms with Crippen molar-refractivity contribution in [1.82, 2.24) is 5.32 Å². The van der Waals surface area contributed by atoms with E-state index in [1.54, 1.807) is 24.3 Å². The van der Waals surface area contributed by atoms with E-state index in [2.05, 4.69) is 10.6 Å². The lowest BCUT2D eigenvalue weighted by Gasteiger charge is -2.08. The number of rotatable bonds is 7. The van der Waals surface area contributed by atoms with Crippen molar-refractivity contribution >= 4 is 17.6 Å². The molecule has 1 aliphatic rings. The van der Waals surface area contributed by atoms with Crippen LogP contribution in [0.15, 0.2) is 24.3 Å². The van der Waals surface area contributed by atoms with Crippen LogP contribution in [0.3, 0.4) is 0 Å². The molecule has 102 valence electrons. The molecule has 19 heavy (non-hydrogen) atoms. The molecule has 1 aromatic rings. The van der Waals surface area contributed by atoms with Gasteiger partial charge in [-0.15, -0.1) is 0 Å². The van der Waals surface area contributed by atoms with Gasteiger partial charge in [-0.25, -0.2) is 4.79 Å². The number of amides is 1. The monoisotopic (exact) mass is 264 g/mol. The molecule has 0 unspecified atom stereocenters. The number of anilines is 1. The largest absolute Gasteiger partial charge is 0.482 e. The molecule has 1 fully saturated rings. The second kappa shape index (κ2) is 6.19. The zero-order valence-electron chi connectivity index (χ0n) is 10.4. The molecule has 2 rings (SSSR count). The second-order valence-electron chi connectivity index (χ2n) is 4.41. The Morgan fingerprint density at radius 3 is 2.84 bits per heavy atom. The molecule has 6 nitrogen and oxygen atoms in total. The molecule has 0 saturated heterocycles. The maximum atomic E-state index is 11.6. The van der Waals surface area contributed by atoms with Gasteiger partial charge in [-0.05, 0) is 25.0 Å². The van der Waals surface area contributed by atoms with Gasteiger partial charge >= 0.3 is 5.97 Å². The number of carboxylic acid groups (broad SMARTS) is 1. The standard InChI is InChI=1S/C13H16N2O4/c16-12(7-14-9-4-5-9)15-10-2-1-3-11(6-10)19-8-13(17)18/h1-3,6,9,14H,4-5,7-8H2,(H,15,16)(H,17,18). The number of ether oxygens (including phenoxy) is 1. The van der Waals surface area contributed by atoms with Gasteiger partial charge in [0.15, 0.2) is 6.61 Å². The fourth-order valence-corrected chi connectivity index (χ4v) is 1.54. The Balaban J connectivity index is 1.82. The minimum Gasteiger partial charge on any atom is -0.482 e. The fraction of sp³-hybridized carbons (Fsp3) is 0.385. The number of benzene rings is 1. The van der Waals surface area contributed by atoms with Crippen LogP contribution >= 0.6 is 0 Å². The van der Waals surface area contributed by atoms with Crippen LogP contribution in [0, 0.1) is 0 Å². The lowest BCUT2D eigenvalue weighted by molar-refractivity contribution is -0.139. The van der Waals surface area contributed by atoms with Crippen LogP contribution in [0.4, 0.5) is 5.69 Å². The minimum atomic E-state index is -1.04. The molecule has 0 aromatic heterocycles. The number of hydrogen-bond donors (Lipinski definition) is 3. The van der Waals surface area contributed by atoms with Crippen molar-refractivity contribution in [2.24, 2.45) is 0 Å². The molecule has 1 aliphatic carbocycles. The smallest absolute Gasteiger partial charge is 0.341 e. The van der Waals surface area contributed by atoms with Gasteiger partial charge in [0.25, 0.3) is 0 Å². The quantitative estimate of drug-likeness (QED) is 0.679. The first-order valence-electron chi connectivity index (χ1n) is 6.11. The van der Waals surface area contributed by atoms with Crippen LogP contribution in [0.25, 0.3) is 0 Å². The van der Waals surface area contributed by atoms with Crippen LogP contribution in [0.2, 0.25) is 0 Å². The summed E-state index contributed by atoms with van der Waals surface area (Å²) < 4.78 is 5.03. The zero-order valence-corrected chi connectivity index (χ0v) is 10.4. The summed E-state index contributed by atoms with van der Waals surface area (Å²) in [4.78, 5) is 22.0. The van der Waals surface area contributed by atoms with E-state index in [1.807, 2.05) is 0 Å². The normalized spacial score (nSPS) is 13.9. The van der Waals surface area contributed by atoms with E-state index in [4.69, 9.17) is 9.84 Å². The number of aliphatic carboxylic acids is 1. The van der Waals surface area contributed by atoms with E-state index >= 15 is 0 Å². The van der Waals surface area contributed by atoms with Crippen molar-refractivity contribution < 1.29 is 19.4 Å². The first kappa shape index (κ1) is 13.4. The molecular formula is C13H16N2O4. The molecular weight excluding hydrogens is 248 g/mol. The zero-order chi connectivity index (χ0) is 13.7. The highest BCUT2D eigenvalue weighted by atomic mass is 16.5. The topological polar surface area (TPSA) is 87.7 Å². The molecule has 0 heterocycles. The van der Waals surface area contributed by atoms with Crippen LogP contribution in [0.1, 0.15) is 12.8 Å². The SMILES string of the molecule is O=C(O)COc1cccc(NC(=O)CNC2CC2)c1. The third-order valence-corrected chi connectivity index (χ3v) is 2.61. The fourth-order valence-electron chi connectivity index (χ4n) is 1.54. The van der Waals surface area contributed by atoms with Crippen LogP contribution in [-0.4, -0.2) is 36.2 Å². The summed E-state index contributed by atoms with van der Waals surface area (Å²) in [5, 5.41) is 14.3. The Morgan fingerprint density at radius 1 is 1.37 bits per heavy atom. The van der Waals surface area contributed by atoms with Crippen LogP contribution in [0.5, 0.6) is 5.75 Å². The van der Waals surface area contributed by atoms with Gasteiger partial charge < -0.3 is 20.5 Å². The second-order valence-corrected chi connectivity index (χ2v) is 4.41. The summed E-state index contributed by atoms with van der Waals surface area (Å²) in [7, 11) is 0. The van der Waals surface area contributed by atoms with Gasteiger partial charge in [-0.1, -0.05) is 6.07 Å². The Bertz CT molecular complexity index is 471. The number of carbonyl (C=O) groups excluding carboxylic acids is 1. The molecule has 0 aliphatic heterocycles. The predicted molar refractivity (Wildman–Crippen MR) is 69.2 cm³/mol. The van der Waals surface area contributed by atoms with E-state index < -0.39 is 12.6 Å². The lowest BCUT2D eigenvalue weighted by atomic mass is 10.3. The molecule has 1 saturated carbocycles. The Labute approximate surface area is 110 Å². The third-order valence-electron chi connectivity index (χ3n) is 2.61. The van der Waals surface area contributed by atoms with Crippen molar-refractivity contribution in [2.45, 2.75) is 18.9 Å². The summed E-state index contributed by atoms with van der Waals surface area (Å²) in [6, 6.07) is 7.14. The first-order chi connectivity index (χ1) is 9.13. The highest BCUT2D eigenvalue weighted by Gasteiger charge is 2.21. The summed E-state index contributed by atoms with van der Waals surface area (Å²) >= 11 is 0. The molecule has 1 aromatic carbocycles. The van der Waals surface area contributed by atoms with E-state index in [9.17, 15) is 9.59 Å². The third kappa shape index (κ3) is 4.97. The van der Waals surface area contributed by atoms with Crippen molar-refractivity contribution in [2.75, 3.05) is 18.5 Å². The number of carbonyl (C=O) groups is 2. The van der Waals surface area contributed by atoms with Gasteiger partial charge in [0, 0.05) is 17.8 Å².